The number of aromatic nitrogens is 4. The van der Waals surface area contributed by atoms with Gasteiger partial charge in [-0.2, -0.15) is 0 Å². The molecule has 0 aliphatic heterocycles. The van der Waals surface area contributed by atoms with Gasteiger partial charge in [0.1, 0.15) is 11.2 Å². The number of nitrogens with zero attached hydrogens (tertiary/aromatic N) is 4. The van der Waals surface area contributed by atoms with Crippen molar-refractivity contribution in [3.05, 3.63) is 170 Å². The van der Waals surface area contributed by atoms with Crippen LogP contribution in [0.3, 0.4) is 0 Å². The lowest BCUT2D eigenvalue weighted by Gasteiger charge is -2.10. The number of fused-ring (bicyclic) bond motifs is 3. The quantitative estimate of drug-likeness (QED) is 0.181. The molecule has 3 aromatic heterocycles. The number of benzene rings is 6. The van der Waals surface area contributed by atoms with Gasteiger partial charge in [0.25, 0.3) is 0 Å². The van der Waals surface area contributed by atoms with Crippen molar-refractivity contribution >= 4 is 21.9 Å². The number of pyridine rings is 1. The van der Waals surface area contributed by atoms with Crippen LogP contribution in [0.15, 0.2) is 168 Å². The van der Waals surface area contributed by atoms with Crippen molar-refractivity contribution < 1.29 is 4.42 Å². The molecular weight excluding hydrogens is 613 g/mol. The van der Waals surface area contributed by atoms with E-state index < -0.39 is 0 Å². The van der Waals surface area contributed by atoms with E-state index in [1.807, 2.05) is 60.8 Å². The minimum atomic E-state index is 0.586. The third kappa shape index (κ3) is 5.51. The highest BCUT2D eigenvalue weighted by Crippen LogP contribution is 2.39. The summed E-state index contributed by atoms with van der Waals surface area (Å²) in [4.78, 5) is 19.3. The van der Waals surface area contributed by atoms with Crippen molar-refractivity contribution in [2.75, 3.05) is 0 Å². The zero-order valence-corrected chi connectivity index (χ0v) is 27.3. The Kier molecular flexibility index (Phi) is 7.29. The Morgan fingerprint density at radius 3 is 1.80 bits per heavy atom. The first-order valence-corrected chi connectivity index (χ1v) is 16.6. The van der Waals surface area contributed by atoms with Crippen LogP contribution in [0, 0.1) is 6.92 Å². The summed E-state index contributed by atoms with van der Waals surface area (Å²) in [5.41, 5.74) is 12.3. The van der Waals surface area contributed by atoms with Crippen LogP contribution < -0.4 is 0 Å². The Morgan fingerprint density at radius 2 is 1.04 bits per heavy atom. The molecule has 5 heteroatoms. The molecule has 0 aliphatic rings. The number of aryl methyl sites for hydroxylation is 1. The maximum Gasteiger partial charge on any atom is 0.164 e. The van der Waals surface area contributed by atoms with Crippen molar-refractivity contribution in [1.29, 1.82) is 0 Å². The van der Waals surface area contributed by atoms with E-state index in [9.17, 15) is 0 Å². The topological polar surface area (TPSA) is 64.7 Å². The molecule has 0 saturated carbocycles. The van der Waals surface area contributed by atoms with Crippen LogP contribution in [-0.2, 0) is 0 Å². The SMILES string of the molecule is Cc1cccc(-c2cccc(-c3nc(-c4ccccc4)nc(-c4ccc5c(c4)oc4cccc(-c6ccc(-c7cccnc7)cc6)c45)n3)c2)c1. The highest BCUT2D eigenvalue weighted by molar-refractivity contribution is 6.13. The average Bonchev–Trinajstić information content (AvgIpc) is 3.57. The lowest BCUT2D eigenvalue weighted by molar-refractivity contribution is 0.669. The summed E-state index contributed by atoms with van der Waals surface area (Å²) in [6, 6.07) is 52.1. The fourth-order valence-corrected chi connectivity index (χ4v) is 6.59. The van der Waals surface area contributed by atoms with Gasteiger partial charge in [-0.1, -0.05) is 127 Å². The summed E-state index contributed by atoms with van der Waals surface area (Å²) >= 11 is 0. The van der Waals surface area contributed by atoms with Crippen LogP contribution in [0.25, 0.3) is 89.5 Å². The van der Waals surface area contributed by atoms with Crippen molar-refractivity contribution in [1.82, 2.24) is 19.9 Å². The van der Waals surface area contributed by atoms with Crippen molar-refractivity contribution in [3.63, 3.8) is 0 Å². The first-order chi connectivity index (χ1) is 24.7. The largest absolute Gasteiger partial charge is 0.456 e. The van der Waals surface area contributed by atoms with Gasteiger partial charge in [-0.05, 0) is 70.6 Å². The van der Waals surface area contributed by atoms with Crippen LogP contribution in [0.4, 0.5) is 0 Å². The minimum Gasteiger partial charge on any atom is -0.456 e. The van der Waals surface area contributed by atoms with Crippen LogP contribution >= 0.6 is 0 Å². The van der Waals surface area contributed by atoms with Gasteiger partial charge < -0.3 is 4.42 Å². The third-order valence-corrected chi connectivity index (χ3v) is 9.09. The summed E-state index contributed by atoms with van der Waals surface area (Å²) in [5.74, 6) is 1.82. The molecule has 0 N–H and O–H groups in total. The molecular formula is C45H30N4O. The molecule has 0 amide bonds. The molecule has 6 aromatic carbocycles. The number of furan rings is 1. The third-order valence-electron chi connectivity index (χ3n) is 9.09. The molecule has 0 spiro atoms. The van der Waals surface area contributed by atoms with Gasteiger partial charge in [0.15, 0.2) is 17.5 Å². The van der Waals surface area contributed by atoms with E-state index in [-0.39, 0.29) is 0 Å². The zero-order valence-electron chi connectivity index (χ0n) is 27.3. The fraction of sp³-hybridized carbons (Fsp3) is 0.0222. The molecule has 3 heterocycles. The molecule has 9 rings (SSSR count). The molecule has 0 unspecified atom stereocenters. The maximum absolute atomic E-state index is 6.49. The Hall–Kier alpha value is -6.72. The van der Waals surface area contributed by atoms with Gasteiger partial charge in [0.05, 0.1) is 0 Å². The summed E-state index contributed by atoms with van der Waals surface area (Å²) < 4.78 is 6.49. The average molecular weight is 643 g/mol. The first kappa shape index (κ1) is 29.4. The van der Waals surface area contributed by atoms with Gasteiger partial charge in [-0.3, -0.25) is 4.98 Å². The number of rotatable bonds is 6. The Morgan fingerprint density at radius 1 is 0.420 bits per heavy atom. The predicted octanol–water partition coefficient (Wildman–Crippen LogP) is 11.5. The van der Waals surface area contributed by atoms with Gasteiger partial charge in [-0.15, -0.1) is 0 Å². The molecule has 5 nitrogen and oxygen atoms in total. The summed E-state index contributed by atoms with van der Waals surface area (Å²) in [6.45, 7) is 2.11. The van der Waals surface area contributed by atoms with Crippen molar-refractivity contribution in [3.8, 4) is 67.5 Å². The monoisotopic (exact) mass is 642 g/mol. The van der Waals surface area contributed by atoms with Gasteiger partial charge >= 0.3 is 0 Å². The molecule has 0 aliphatic carbocycles. The molecule has 0 fully saturated rings. The highest BCUT2D eigenvalue weighted by atomic mass is 16.3. The first-order valence-electron chi connectivity index (χ1n) is 16.6. The van der Waals surface area contributed by atoms with E-state index in [0.29, 0.717) is 17.5 Å². The van der Waals surface area contributed by atoms with Crippen LogP contribution in [0.5, 0.6) is 0 Å². The van der Waals surface area contributed by atoms with Gasteiger partial charge in [0, 0.05) is 39.9 Å². The standard InChI is InChI=1S/C45H30N4O/c1-29-9-5-12-33(25-29)34-13-6-14-35(26-34)44-47-43(32-10-3-2-4-11-32)48-45(49-44)36-22-23-39-41(27-36)50-40-17-7-16-38(42(39)40)31-20-18-30(19-21-31)37-15-8-24-46-28-37/h2-28H,1H3. The van der Waals surface area contributed by atoms with Crippen molar-refractivity contribution in [2.24, 2.45) is 0 Å². The second kappa shape index (κ2) is 12.4. The Bertz CT molecular complexity index is 2650. The van der Waals surface area contributed by atoms with Crippen LogP contribution in [0.2, 0.25) is 0 Å². The van der Waals surface area contributed by atoms with E-state index in [4.69, 9.17) is 19.4 Å². The van der Waals surface area contributed by atoms with E-state index in [2.05, 4.69) is 109 Å². The van der Waals surface area contributed by atoms with Crippen LogP contribution in [0.1, 0.15) is 5.56 Å². The van der Waals surface area contributed by atoms with Gasteiger partial charge in [-0.25, -0.2) is 15.0 Å². The molecule has 9 aromatic rings. The molecule has 236 valence electrons. The summed E-state index contributed by atoms with van der Waals surface area (Å²) in [5, 5.41) is 2.12. The summed E-state index contributed by atoms with van der Waals surface area (Å²) in [7, 11) is 0. The van der Waals surface area contributed by atoms with E-state index >= 15 is 0 Å². The highest BCUT2D eigenvalue weighted by Gasteiger charge is 2.17. The smallest absolute Gasteiger partial charge is 0.164 e. The van der Waals surface area contributed by atoms with E-state index in [1.54, 1.807) is 6.20 Å². The maximum atomic E-state index is 6.49. The number of hydrogen-bond donors (Lipinski definition) is 0. The van der Waals surface area contributed by atoms with E-state index in [1.165, 1.54) is 5.56 Å². The predicted molar refractivity (Wildman–Crippen MR) is 202 cm³/mol. The molecule has 0 atom stereocenters. The second-order valence-electron chi connectivity index (χ2n) is 12.4. The number of hydrogen-bond acceptors (Lipinski definition) is 5. The fourth-order valence-electron chi connectivity index (χ4n) is 6.59. The second-order valence-corrected chi connectivity index (χ2v) is 12.4. The van der Waals surface area contributed by atoms with E-state index in [0.717, 1.165) is 72.0 Å². The zero-order chi connectivity index (χ0) is 33.4. The van der Waals surface area contributed by atoms with Crippen LogP contribution in [-0.4, -0.2) is 19.9 Å². The minimum absolute atomic E-state index is 0.586. The lowest BCUT2D eigenvalue weighted by Crippen LogP contribution is -2.00. The Labute approximate surface area is 289 Å². The molecule has 0 radical (unpaired) electrons. The lowest BCUT2D eigenvalue weighted by atomic mass is 9.97. The van der Waals surface area contributed by atoms with Gasteiger partial charge in [0.2, 0.25) is 0 Å². The summed E-state index contributed by atoms with van der Waals surface area (Å²) in [6.07, 6.45) is 3.68. The van der Waals surface area contributed by atoms with Crippen molar-refractivity contribution in [2.45, 2.75) is 6.92 Å². The Balaban J connectivity index is 1.14. The molecule has 50 heavy (non-hydrogen) atoms. The molecule has 0 bridgehead atoms. The normalized spacial score (nSPS) is 11.3. The molecule has 0 saturated heterocycles.